The average molecular weight is 207 g/mol. The normalized spacial score (nSPS) is 16.0. The molecule has 0 saturated carbocycles. The lowest BCUT2D eigenvalue weighted by molar-refractivity contribution is -0.782. The second-order valence-electron chi connectivity index (χ2n) is 3.02. The third-order valence-electron chi connectivity index (χ3n) is 2.24. The Morgan fingerprint density at radius 1 is 1.13 bits per heavy atom. The van der Waals surface area contributed by atoms with E-state index in [1.165, 1.54) is 18.2 Å². The molecule has 0 radical (unpaired) electrons. The molecule has 0 spiro atoms. The molecule has 0 amide bonds. The van der Waals surface area contributed by atoms with Gasteiger partial charge in [-0.15, -0.1) is 0 Å². The molecule has 0 aromatic heterocycles. The molecule has 7 heteroatoms. The van der Waals surface area contributed by atoms with Crippen molar-refractivity contribution in [1.82, 2.24) is 0 Å². The summed E-state index contributed by atoms with van der Waals surface area (Å²) in [5.41, 5.74) is -2.15. The van der Waals surface area contributed by atoms with Gasteiger partial charge in [-0.25, -0.2) is 4.99 Å². The Kier molecular flexibility index (Phi) is 1.75. The van der Waals surface area contributed by atoms with Crippen molar-refractivity contribution in [3.05, 3.63) is 50.1 Å². The van der Waals surface area contributed by atoms with E-state index in [1.54, 1.807) is 6.07 Å². The SMILES string of the molecule is O=[N+]([O-])C1([N+](=O)[O-])C=Nc2ccccc21. The fourth-order valence-corrected chi connectivity index (χ4v) is 1.48. The molecular formula is C8H5N3O4. The van der Waals surface area contributed by atoms with E-state index in [0.29, 0.717) is 0 Å². The van der Waals surface area contributed by atoms with Crippen LogP contribution in [-0.2, 0) is 5.66 Å². The molecule has 0 atom stereocenters. The van der Waals surface area contributed by atoms with Crippen LogP contribution in [-0.4, -0.2) is 16.1 Å². The predicted molar refractivity (Wildman–Crippen MR) is 50.3 cm³/mol. The van der Waals surface area contributed by atoms with E-state index in [2.05, 4.69) is 4.99 Å². The van der Waals surface area contributed by atoms with Gasteiger partial charge in [0.05, 0.1) is 5.69 Å². The van der Waals surface area contributed by atoms with Gasteiger partial charge in [0.1, 0.15) is 15.4 Å². The van der Waals surface area contributed by atoms with Gasteiger partial charge in [-0.1, -0.05) is 12.1 Å². The second-order valence-corrected chi connectivity index (χ2v) is 3.02. The highest BCUT2D eigenvalue weighted by Crippen LogP contribution is 2.37. The fourth-order valence-electron chi connectivity index (χ4n) is 1.48. The predicted octanol–water partition coefficient (Wildman–Crippen LogP) is 1.11. The van der Waals surface area contributed by atoms with Gasteiger partial charge in [-0.2, -0.15) is 0 Å². The molecule has 2 rings (SSSR count). The zero-order chi connectivity index (χ0) is 11.1. The number of nitro groups is 2. The molecule has 1 aliphatic heterocycles. The minimum absolute atomic E-state index is 0.000000000000000666. The van der Waals surface area contributed by atoms with Gasteiger partial charge in [-0.05, 0) is 12.1 Å². The van der Waals surface area contributed by atoms with Crippen molar-refractivity contribution in [3.63, 3.8) is 0 Å². The number of benzene rings is 1. The number of rotatable bonds is 2. The van der Waals surface area contributed by atoms with Gasteiger partial charge >= 0.3 is 5.66 Å². The summed E-state index contributed by atoms with van der Waals surface area (Å²) < 4.78 is 0. The van der Waals surface area contributed by atoms with Crippen LogP contribution >= 0.6 is 0 Å². The van der Waals surface area contributed by atoms with Crippen molar-refractivity contribution in [2.75, 3.05) is 0 Å². The zero-order valence-corrected chi connectivity index (χ0v) is 7.36. The van der Waals surface area contributed by atoms with Crippen LogP contribution in [0.3, 0.4) is 0 Å². The Labute approximate surface area is 83.4 Å². The molecule has 0 fully saturated rings. The van der Waals surface area contributed by atoms with Gasteiger partial charge in [0.15, 0.2) is 6.21 Å². The van der Waals surface area contributed by atoms with Crippen molar-refractivity contribution in [2.45, 2.75) is 5.66 Å². The first-order valence-electron chi connectivity index (χ1n) is 4.03. The van der Waals surface area contributed by atoms with Crippen molar-refractivity contribution >= 4 is 11.9 Å². The number of fused-ring (bicyclic) bond motifs is 1. The number of para-hydroxylation sites is 1. The quantitative estimate of drug-likeness (QED) is 0.412. The van der Waals surface area contributed by atoms with Gasteiger partial charge in [0, 0.05) is 0 Å². The van der Waals surface area contributed by atoms with Crippen LogP contribution in [0.5, 0.6) is 0 Å². The molecule has 1 aromatic rings. The molecule has 1 heterocycles. The van der Waals surface area contributed by atoms with Crippen LogP contribution in [0, 0.1) is 20.2 Å². The maximum Gasteiger partial charge on any atom is 0.522 e. The van der Waals surface area contributed by atoms with Crippen LogP contribution in [0.25, 0.3) is 0 Å². The molecule has 76 valence electrons. The van der Waals surface area contributed by atoms with E-state index in [0.717, 1.165) is 6.21 Å². The van der Waals surface area contributed by atoms with E-state index in [4.69, 9.17) is 0 Å². The highest BCUT2D eigenvalue weighted by Gasteiger charge is 2.60. The summed E-state index contributed by atoms with van der Waals surface area (Å²) in [6.45, 7) is 0. The molecule has 0 bridgehead atoms. The minimum Gasteiger partial charge on any atom is -0.258 e. The van der Waals surface area contributed by atoms with E-state index >= 15 is 0 Å². The summed E-state index contributed by atoms with van der Waals surface area (Å²) in [5.74, 6) is 0. The molecule has 7 nitrogen and oxygen atoms in total. The summed E-state index contributed by atoms with van der Waals surface area (Å²) in [6, 6.07) is 5.97. The van der Waals surface area contributed by atoms with Crippen molar-refractivity contribution < 1.29 is 9.85 Å². The molecule has 0 unspecified atom stereocenters. The maximum absolute atomic E-state index is 10.8. The standard InChI is InChI=1S/C8H5N3O4/c12-10(13)8(11(14)15)5-9-7-4-2-1-3-6(7)8/h1-5H. The van der Waals surface area contributed by atoms with Crippen molar-refractivity contribution in [3.8, 4) is 0 Å². The van der Waals surface area contributed by atoms with E-state index < -0.39 is 15.5 Å². The molecule has 0 N–H and O–H groups in total. The minimum atomic E-state index is -2.42. The van der Waals surface area contributed by atoms with Crippen LogP contribution < -0.4 is 0 Å². The third-order valence-corrected chi connectivity index (χ3v) is 2.24. The van der Waals surface area contributed by atoms with Crippen LogP contribution in [0.4, 0.5) is 5.69 Å². The highest BCUT2D eigenvalue weighted by atomic mass is 16.7. The summed E-state index contributed by atoms with van der Waals surface area (Å²) in [5, 5.41) is 21.6. The van der Waals surface area contributed by atoms with Gasteiger partial charge in [-0.3, -0.25) is 20.2 Å². The lowest BCUT2D eigenvalue weighted by atomic mass is 10.0. The van der Waals surface area contributed by atoms with Crippen molar-refractivity contribution in [2.24, 2.45) is 4.99 Å². The van der Waals surface area contributed by atoms with E-state index in [1.807, 2.05) is 0 Å². The Morgan fingerprint density at radius 2 is 1.73 bits per heavy atom. The highest BCUT2D eigenvalue weighted by molar-refractivity contribution is 5.81. The number of hydrogen-bond donors (Lipinski definition) is 0. The van der Waals surface area contributed by atoms with Crippen molar-refractivity contribution in [1.29, 1.82) is 0 Å². The lowest BCUT2D eigenvalue weighted by Gasteiger charge is -2.09. The summed E-state index contributed by atoms with van der Waals surface area (Å²) >= 11 is 0. The molecule has 1 aliphatic rings. The van der Waals surface area contributed by atoms with Gasteiger partial charge < -0.3 is 0 Å². The molecule has 0 aliphatic carbocycles. The average Bonchev–Trinajstić information content (AvgIpc) is 2.57. The largest absolute Gasteiger partial charge is 0.522 e. The van der Waals surface area contributed by atoms with Gasteiger partial charge in [0.25, 0.3) is 0 Å². The Balaban J connectivity index is 2.70. The monoisotopic (exact) mass is 207 g/mol. The van der Waals surface area contributed by atoms with E-state index in [9.17, 15) is 20.2 Å². The van der Waals surface area contributed by atoms with Crippen LogP contribution in [0.1, 0.15) is 5.56 Å². The second kappa shape index (κ2) is 2.84. The Bertz CT molecular complexity index is 469. The maximum atomic E-state index is 10.8. The summed E-state index contributed by atoms with van der Waals surface area (Å²) in [7, 11) is 0. The van der Waals surface area contributed by atoms with Crippen LogP contribution in [0.2, 0.25) is 0 Å². The molecule has 0 saturated heterocycles. The zero-order valence-electron chi connectivity index (χ0n) is 7.36. The first-order valence-corrected chi connectivity index (χ1v) is 4.03. The van der Waals surface area contributed by atoms with Crippen LogP contribution in [0.15, 0.2) is 29.3 Å². The number of aliphatic imine (C=N–C) groups is 1. The first-order chi connectivity index (χ1) is 7.09. The lowest BCUT2D eigenvalue weighted by Crippen LogP contribution is -2.43. The number of nitrogens with zero attached hydrogens (tertiary/aromatic N) is 3. The first kappa shape index (κ1) is 9.25. The molecular weight excluding hydrogens is 202 g/mol. The van der Waals surface area contributed by atoms with Gasteiger partial charge in [0.2, 0.25) is 0 Å². The molecule has 1 aromatic carbocycles. The Hall–Kier alpha value is -2.31. The Morgan fingerprint density at radius 3 is 2.33 bits per heavy atom. The van der Waals surface area contributed by atoms with E-state index in [-0.39, 0.29) is 11.3 Å². The fraction of sp³-hybridized carbons (Fsp3) is 0.125. The number of hydrogen-bond acceptors (Lipinski definition) is 5. The third kappa shape index (κ3) is 1.03. The molecule has 15 heavy (non-hydrogen) atoms. The summed E-state index contributed by atoms with van der Waals surface area (Å²) in [4.78, 5) is 23.4. The summed E-state index contributed by atoms with van der Waals surface area (Å²) in [6.07, 6.45) is 0.762. The topological polar surface area (TPSA) is 98.6 Å². The smallest absolute Gasteiger partial charge is 0.258 e.